The maximum absolute atomic E-state index is 11.5. The summed E-state index contributed by atoms with van der Waals surface area (Å²) >= 11 is 0. The van der Waals surface area contributed by atoms with E-state index in [0.717, 1.165) is 25.2 Å². The maximum atomic E-state index is 11.5. The van der Waals surface area contributed by atoms with Crippen LogP contribution in [0.15, 0.2) is 24.8 Å². The van der Waals surface area contributed by atoms with Crippen molar-refractivity contribution in [2.75, 3.05) is 11.9 Å². The molecular weight excluding hydrogens is 260 g/mol. The Bertz CT molecular complexity index is 536. The Morgan fingerprint density at radius 1 is 1.43 bits per heavy atom. The molecule has 114 valence electrons. The van der Waals surface area contributed by atoms with Crippen molar-refractivity contribution in [3.8, 4) is 0 Å². The number of carbonyl (C=O) groups excluding carboxylic acids is 1. The molecular formula is C18H26N2O. The molecule has 3 heteroatoms. The lowest BCUT2D eigenvalue weighted by molar-refractivity contribution is -0.119. The lowest BCUT2D eigenvalue weighted by Crippen LogP contribution is -2.27. The van der Waals surface area contributed by atoms with E-state index in [-0.39, 0.29) is 0 Å². The van der Waals surface area contributed by atoms with Crippen LogP contribution in [0.4, 0.5) is 5.69 Å². The lowest BCUT2D eigenvalue weighted by atomic mass is 10.1. The average molecular weight is 286 g/mol. The van der Waals surface area contributed by atoms with Crippen LogP contribution in [0, 0.1) is 0 Å². The summed E-state index contributed by atoms with van der Waals surface area (Å²) in [5, 5.41) is 3.43. The molecule has 21 heavy (non-hydrogen) atoms. The third kappa shape index (κ3) is 3.29. The van der Waals surface area contributed by atoms with E-state index in [9.17, 15) is 4.79 Å². The van der Waals surface area contributed by atoms with Crippen molar-refractivity contribution < 1.29 is 4.79 Å². The van der Waals surface area contributed by atoms with Gasteiger partial charge in [0.25, 0.3) is 0 Å². The van der Waals surface area contributed by atoms with E-state index in [1.165, 1.54) is 16.8 Å². The van der Waals surface area contributed by atoms with Crippen molar-refractivity contribution in [2.45, 2.75) is 52.6 Å². The molecule has 1 aliphatic rings. The van der Waals surface area contributed by atoms with Crippen molar-refractivity contribution >= 4 is 17.2 Å². The van der Waals surface area contributed by atoms with Crippen LogP contribution in [0.5, 0.6) is 0 Å². The second-order valence-electron chi connectivity index (χ2n) is 5.72. The molecule has 0 fully saturated rings. The number of Topliss-reactive ketones (excluding diaryl/α,β-unsaturated/α-hetero) is 1. The van der Waals surface area contributed by atoms with Crippen LogP contribution in [0.3, 0.4) is 0 Å². The monoisotopic (exact) mass is 286 g/mol. The van der Waals surface area contributed by atoms with Gasteiger partial charge in [0.1, 0.15) is 5.78 Å². The molecule has 1 aliphatic heterocycles. The van der Waals surface area contributed by atoms with Gasteiger partial charge in [0, 0.05) is 54.5 Å². The maximum Gasteiger partial charge on any atom is 0.132 e. The zero-order chi connectivity index (χ0) is 15.4. The number of nitrogens with zero attached hydrogens (tertiary/aromatic N) is 1. The van der Waals surface area contributed by atoms with Gasteiger partial charge in [-0.2, -0.15) is 0 Å². The van der Waals surface area contributed by atoms with Crippen molar-refractivity contribution in [3.05, 3.63) is 35.9 Å². The number of carbonyl (C=O) groups is 1. The Kier molecular flexibility index (Phi) is 5.05. The van der Waals surface area contributed by atoms with Crippen molar-refractivity contribution in [1.29, 1.82) is 0 Å². The van der Waals surface area contributed by atoms with E-state index < -0.39 is 0 Å². The summed E-state index contributed by atoms with van der Waals surface area (Å²) in [6, 6.07) is 6.69. The first kappa shape index (κ1) is 15.6. The number of rotatable bonds is 7. The molecule has 0 bridgehead atoms. The fourth-order valence-corrected chi connectivity index (χ4v) is 2.93. The molecule has 0 amide bonds. The molecule has 2 rings (SSSR count). The van der Waals surface area contributed by atoms with E-state index in [1.807, 2.05) is 6.92 Å². The Hall–Kier alpha value is -1.77. The van der Waals surface area contributed by atoms with Crippen molar-refractivity contribution in [2.24, 2.45) is 0 Å². The van der Waals surface area contributed by atoms with Crippen LogP contribution in [0.25, 0.3) is 5.70 Å². The molecule has 0 aliphatic carbocycles. The number of hydrogen-bond donors (Lipinski definition) is 1. The first-order valence-corrected chi connectivity index (χ1v) is 7.91. The summed E-state index contributed by atoms with van der Waals surface area (Å²) in [5.74, 6) is 0.345. The Morgan fingerprint density at radius 3 is 2.86 bits per heavy atom. The molecule has 0 saturated heterocycles. The van der Waals surface area contributed by atoms with Gasteiger partial charge in [0.2, 0.25) is 0 Å². The first-order valence-electron chi connectivity index (χ1n) is 7.91. The minimum absolute atomic E-state index is 0.342. The fraction of sp³-hybridized carbons (Fsp3) is 0.500. The van der Waals surface area contributed by atoms with Gasteiger partial charge in [-0.15, -0.1) is 0 Å². The second-order valence-corrected chi connectivity index (χ2v) is 5.72. The molecule has 0 spiro atoms. The third-order valence-corrected chi connectivity index (χ3v) is 4.30. The quantitative estimate of drug-likeness (QED) is 0.820. The number of anilines is 1. The van der Waals surface area contributed by atoms with Gasteiger partial charge in [-0.25, -0.2) is 0 Å². The van der Waals surface area contributed by atoms with Gasteiger partial charge in [-0.05, 0) is 26.3 Å². The van der Waals surface area contributed by atoms with Gasteiger partial charge < -0.3 is 10.2 Å². The summed E-state index contributed by atoms with van der Waals surface area (Å²) in [7, 11) is 0. The van der Waals surface area contributed by atoms with Crippen LogP contribution in [-0.2, 0) is 11.3 Å². The number of ketones is 1. The van der Waals surface area contributed by atoms with E-state index in [0.29, 0.717) is 24.7 Å². The van der Waals surface area contributed by atoms with E-state index in [4.69, 9.17) is 0 Å². The van der Waals surface area contributed by atoms with Crippen LogP contribution in [0.1, 0.15) is 51.2 Å². The average Bonchev–Trinajstić information content (AvgIpc) is 2.83. The summed E-state index contributed by atoms with van der Waals surface area (Å²) in [6.07, 6.45) is 2.20. The number of nitrogens with one attached hydrogen (secondary N) is 1. The van der Waals surface area contributed by atoms with Gasteiger partial charge >= 0.3 is 0 Å². The highest BCUT2D eigenvalue weighted by Gasteiger charge is 2.27. The molecule has 1 aromatic carbocycles. The molecule has 0 saturated carbocycles. The normalized spacial score (nSPS) is 15.0. The van der Waals surface area contributed by atoms with E-state index in [1.54, 1.807) is 0 Å². The van der Waals surface area contributed by atoms with Crippen LogP contribution < -0.4 is 5.32 Å². The SMILES string of the molecule is C=C1c2cccc(NCC)c2CN1C(C)CCC(=O)CC. The van der Waals surface area contributed by atoms with Crippen LogP contribution in [0.2, 0.25) is 0 Å². The molecule has 1 atom stereocenters. The molecule has 0 aromatic heterocycles. The predicted octanol–water partition coefficient (Wildman–Crippen LogP) is 4.05. The van der Waals surface area contributed by atoms with Crippen LogP contribution >= 0.6 is 0 Å². The van der Waals surface area contributed by atoms with Crippen molar-refractivity contribution in [3.63, 3.8) is 0 Å². The van der Waals surface area contributed by atoms with Crippen molar-refractivity contribution in [1.82, 2.24) is 4.90 Å². The fourth-order valence-electron chi connectivity index (χ4n) is 2.93. The first-order chi connectivity index (χ1) is 10.1. The Balaban J connectivity index is 2.10. The molecule has 0 radical (unpaired) electrons. The summed E-state index contributed by atoms with van der Waals surface area (Å²) in [6.45, 7) is 12.3. The predicted molar refractivity (Wildman–Crippen MR) is 89.2 cm³/mol. The highest BCUT2D eigenvalue weighted by atomic mass is 16.1. The zero-order valence-corrected chi connectivity index (χ0v) is 13.4. The van der Waals surface area contributed by atoms with Gasteiger partial charge in [-0.3, -0.25) is 4.79 Å². The minimum atomic E-state index is 0.342. The van der Waals surface area contributed by atoms with Crippen LogP contribution in [-0.4, -0.2) is 23.3 Å². The van der Waals surface area contributed by atoms with Gasteiger partial charge in [0.05, 0.1) is 0 Å². The largest absolute Gasteiger partial charge is 0.385 e. The van der Waals surface area contributed by atoms with Gasteiger partial charge in [-0.1, -0.05) is 25.6 Å². The number of benzene rings is 1. The highest BCUT2D eigenvalue weighted by molar-refractivity contribution is 5.78. The van der Waals surface area contributed by atoms with E-state index >= 15 is 0 Å². The minimum Gasteiger partial charge on any atom is -0.385 e. The smallest absolute Gasteiger partial charge is 0.132 e. The van der Waals surface area contributed by atoms with Gasteiger partial charge in [0.15, 0.2) is 0 Å². The van der Waals surface area contributed by atoms with E-state index in [2.05, 4.69) is 48.8 Å². The molecule has 1 heterocycles. The second kappa shape index (κ2) is 6.79. The lowest BCUT2D eigenvalue weighted by Gasteiger charge is -2.27. The standard InChI is InChI=1S/C18H26N2O/c1-5-15(21)11-10-13(3)20-12-17-16(14(20)4)8-7-9-18(17)19-6-2/h7-9,13,19H,4-6,10-12H2,1-3H3. The molecule has 1 aromatic rings. The summed E-state index contributed by atoms with van der Waals surface area (Å²) in [5.41, 5.74) is 4.86. The highest BCUT2D eigenvalue weighted by Crippen LogP contribution is 2.37. The zero-order valence-electron chi connectivity index (χ0n) is 13.4. The summed E-state index contributed by atoms with van der Waals surface area (Å²) < 4.78 is 0. The summed E-state index contributed by atoms with van der Waals surface area (Å²) in [4.78, 5) is 13.8. The molecule has 3 nitrogen and oxygen atoms in total. The Morgan fingerprint density at radius 2 is 2.19 bits per heavy atom. The molecule has 1 unspecified atom stereocenters. The molecule has 1 N–H and O–H groups in total. The Labute approximate surface area is 128 Å². The number of fused-ring (bicyclic) bond motifs is 1. The number of hydrogen-bond acceptors (Lipinski definition) is 3. The topological polar surface area (TPSA) is 32.3 Å². The third-order valence-electron chi connectivity index (χ3n) is 4.30.